The average molecular weight is 354 g/mol. The molecule has 0 radical (unpaired) electrons. The molecule has 0 amide bonds. The fraction of sp³-hybridized carbons (Fsp3) is 0.158. The average Bonchev–Trinajstić information content (AvgIpc) is 2.62. The highest BCUT2D eigenvalue weighted by molar-refractivity contribution is 6.37. The molecule has 3 nitrogen and oxygen atoms in total. The number of pyridine rings is 1. The number of rotatable bonds is 1. The molecule has 3 aromatic rings. The van der Waals surface area contributed by atoms with Crippen molar-refractivity contribution < 1.29 is 0 Å². The zero-order valence-electron chi connectivity index (χ0n) is 12.8. The minimum Gasteiger partial charge on any atom is -0.367 e. The van der Waals surface area contributed by atoms with Crippen LogP contribution in [-0.4, -0.2) is 11.5 Å². The first kappa shape index (κ1) is 15.3. The molecule has 2 heterocycles. The second-order valence-corrected chi connectivity index (χ2v) is 6.66. The molecule has 1 aromatic heterocycles. The van der Waals surface area contributed by atoms with Gasteiger partial charge in [0.1, 0.15) is 0 Å². The summed E-state index contributed by atoms with van der Waals surface area (Å²) in [4.78, 5) is 7.02. The summed E-state index contributed by atoms with van der Waals surface area (Å²) >= 11 is 12.8. The van der Waals surface area contributed by atoms with Crippen molar-refractivity contribution in [3.8, 4) is 6.07 Å². The molecule has 24 heavy (non-hydrogen) atoms. The van der Waals surface area contributed by atoms with Crippen molar-refractivity contribution in [2.75, 3.05) is 11.4 Å². The van der Waals surface area contributed by atoms with Gasteiger partial charge < -0.3 is 4.90 Å². The van der Waals surface area contributed by atoms with Crippen LogP contribution in [0.25, 0.3) is 10.9 Å². The van der Waals surface area contributed by atoms with Crippen molar-refractivity contribution >= 4 is 39.8 Å². The molecule has 5 heteroatoms. The summed E-state index contributed by atoms with van der Waals surface area (Å²) in [6, 6.07) is 15.4. The van der Waals surface area contributed by atoms with Gasteiger partial charge in [0.15, 0.2) is 0 Å². The lowest BCUT2D eigenvalue weighted by atomic mass is 10.0. The molecule has 0 unspecified atom stereocenters. The number of halogens is 2. The summed E-state index contributed by atoms with van der Waals surface area (Å²) < 4.78 is 0. The third-order valence-electron chi connectivity index (χ3n) is 4.39. The summed E-state index contributed by atoms with van der Waals surface area (Å²) in [7, 11) is 0. The number of hydrogen-bond acceptors (Lipinski definition) is 3. The van der Waals surface area contributed by atoms with E-state index >= 15 is 0 Å². The molecule has 0 saturated carbocycles. The van der Waals surface area contributed by atoms with Crippen LogP contribution in [0.5, 0.6) is 0 Å². The van der Waals surface area contributed by atoms with E-state index in [0.717, 1.165) is 45.8 Å². The van der Waals surface area contributed by atoms with E-state index in [1.54, 1.807) is 0 Å². The normalized spacial score (nSPS) is 13.6. The SMILES string of the molecule is N#Cc1ccc(N2CCc3nc4ccc(Cl)cc4c(Cl)c3C2)cc1. The van der Waals surface area contributed by atoms with Gasteiger partial charge in [-0.1, -0.05) is 23.2 Å². The predicted octanol–water partition coefficient (Wildman–Crippen LogP) is 4.98. The number of nitrogens with zero attached hydrogens (tertiary/aromatic N) is 3. The first-order valence-corrected chi connectivity index (χ1v) is 8.43. The molecule has 0 N–H and O–H groups in total. The molecule has 1 aliphatic rings. The van der Waals surface area contributed by atoms with Crippen molar-refractivity contribution in [3.63, 3.8) is 0 Å². The minimum absolute atomic E-state index is 0.658. The van der Waals surface area contributed by atoms with Crippen molar-refractivity contribution in [3.05, 3.63) is 69.3 Å². The maximum absolute atomic E-state index is 8.93. The highest BCUT2D eigenvalue weighted by Crippen LogP contribution is 2.34. The maximum Gasteiger partial charge on any atom is 0.0991 e. The van der Waals surface area contributed by atoms with E-state index in [-0.39, 0.29) is 0 Å². The van der Waals surface area contributed by atoms with Gasteiger partial charge >= 0.3 is 0 Å². The van der Waals surface area contributed by atoms with Gasteiger partial charge in [-0.25, -0.2) is 0 Å². The van der Waals surface area contributed by atoms with Crippen LogP contribution in [0.4, 0.5) is 5.69 Å². The molecule has 2 aromatic carbocycles. The van der Waals surface area contributed by atoms with Crippen LogP contribution in [0.15, 0.2) is 42.5 Å². The number of aromatic nitrogens is 1. The van der Waals surface area contributed by atoms with Crippen molar-refractivity contribution in [1.29, 1.82) is 5.26 Å². The molecule has 0 fully saturated rings. The largest absolute Gasteiger partial charge is 0.367 e. The van der Waals surface area contributed by atoms with E-state index in [9.17, 15) is 0 Å². The van der Waals surface area contributed by atoms with E-state index in [1.807, 2.05) is 42.5 Å². The Hall–Kier alpha value is -2.28. The number of hydrogen-bond donors (Lipinski definition) is 0. The molecular formula is C19H13Cl2N3. The molecule has 0 saturated heterocycles. The number of fused-ring (bicyclic) bond motifs is 2. The first-order valence-electron chi connectivity index (χ1n) is 7.67. The van der Waals surface area contributed by atoms with Gasteiger partial charge in [0, 0.05) is 46.9 Å². The molecule has 4 rings (SSSR count). The molecule has 0 atom stereocenters. The van der Waals surface area contributed by atoms with Crippen LogP contribution in [-0.2, 0) is 13.0 Å². The lowest BCUT2D eigenvalue weighted by molar-refractivity contribution is 0.716. The molecule has 1 aliphatic heterocycles. The Morgan fingerprint density at radius 1 is 1.08 bits per heavy atom. The summed E-state index contributed by atoms with van der Waals surface area (Å²) in [5.74, 6) is 0. The number of nitriles is 1. The fourth-order valence-corrected chi connectivity index (χ4v) is 3.62. The Morgan fingerprint density at radius 2 is 1.88 bits per heavy atom. The quantitative estimate of drug-likeness (QED) is 0.619. The van der Waals surface area contributed by atoms with Crippen LogP contribution in [0.3, 0.4) is 0 Å². The molecule has 118 valence electrons. The lowest BCUT2D eigenvalue weighted by Crippen LogP contribution is -2.31. The summed E-state index contributed by atoms with van der Waals surface area (Å²) in [5, 5.41) is 11.2. The number of anilines is 1. The highest BCUT2D eigenvalue weighted by atomic mass is 35.5. The van der Waals surface area contributed by atoms with E-state index < -0.39 is 0 Å². The second-order valence-electron chi connectivity index (χ2n) is 5.84. The Morgan fingerprint density at radius 3 is 2.62 bits per heavy atom. The van der Waals surface area contributed by atoms with Gasteiger partial charge in [0.05, 0.1) is 22.2 Å². The smallest absolute Gasteiger partial charge is 0.0991 e. The van der Waals surface area contributed by atoms with Crippen molar-refractivity contribution in [2.45, 2.75) is 13.0 Å². The van der Waals surface area contributed by atoms with Crippen LogP contribution in [0, 0.1) is 11.3 Å². The molecular weight excluding hydrogens is 341 g/mol. The monoisotopic (exact) mass is 353 g/mol. The van der Waals surface area contributed by atoms with E-state index in [4.69, 9.17) is 33.4 Å². The van der Waals surface area contributed by atoms with Crippen molar-refractivity contribution in [2.24, 2.45) is 0 Å². The Kier molecular flexibility index (Phi) is 3.80. The summed E-state index contributed by atoms with van der Waals surface area (Å²) in [6.07, 6.45) is 0.841. The van der Waals surface area contributed by atoms with Crippen LogP contribution >= 0.6 is 23.2 Å². The zero-order valence-corrected chi connectivity index (χ0v) is 14.3. The molecule has 0 bridgehead atoms. The topological polar surface area (TPSA) is 39.9 Å². The Labute approximate surface area is 150 Å². The maximum atomic E-state index is 8.93. The third kappa shape index (κ3) is 2.58. The molecule has 0 aliphatic carbocycles. The van der Waals surface area contributed by atoms with Crippen LogP contribution < -0.4 is 4.90 Å². The highest BCUT2D eigenvalue weighted by Gasteiger charge is 2.22. The van der Waals surface area contributed by atoms with Crippen molar-refractivity contribution in [1.82, 2.24) is 4.98 Å². The molecule has 0 spiro atoms. The third-order valence-corrected chi connectivity index (χ3v) is 5.06. The summed E-state index contributed by atoms with van der Waals surface area (Å²) in [6.45, 7) is 1.58. The van der Waals surface area contributed by atoms with Gasteiger partial charge in [-0.05, 0) is 42.5 Å². The van der Waals surface area contributed by atoms with Gasteiger partial charge in [0.25, 0.3) is 0 Å². The summed E-state index contributed by atoms with van der Waals surface area (Å²) in [5.41, 5.74) is 4.75. The van der Waals surface area contributed by atoms with Crippen LogP contribution in [0.2, 0.25) is 10.0 Å². The van der Waals surface area contributed by atoms with Gasteiger partial charge in [-0.3, -0.25) is 4.98 Å². The van der Waals surface area contributed by atoms with Gasteiger partial charge in [-0.2, -0.15) is 5.26 Å². The van der Waals surface area contributed by atoms with Gasteiger partial charge in [0.2, 0.25) is 0 Å². The predicted molar refractivity (Wildman–Crippen MR) is 97.7 cm³/mol. The second kappa shape index (κ2) is 5.98. The van der Waals surface area contributed by atoms with E-state index in [1.165, 1.54) is 0 Å². The Bertz CT molecular complexity index is 975. The van der Waals surface area contributed by atoms with E-state index in [0.29, 0.717) is 17.1 Å². The standard InChI is InChI=1S/C19H13Cl2N3/c20-13-3-6-17-15(9-13)19(21)16-11-24(8-7-18(16)23-17)14-4-1-12(10-22)2-5-14/h1-6,9H,7-8,11H2. The fourth-order valence-electron chi connectivity index (χ4n) is 3.13. The zero-order chi connectivity index (χ0) is 16.7. The van der Waals surface area contributed by atoms with Gasteiger partial charge in [-0.15, -0.1) is 0 Å². The van der Waals surface area contributed by atoms with E-state index in [2.05, 4.69) is 11.0 Å². The number of benzene rings is 2. The van der Waals surface area contributed by atoms with Crippen LogP contribution in [0.1, 0.15) is 16.8 Å². The Balaban J connectivity index is 1.75. The lowest BCUT2D eigenvalue weighted by Gasteiger charge is -2.31. The first-order chi connectivity index (χ1) is 11.7. The minimum atomic E-state index is 0.658.